The molecule has 92 valence electrons. The van der Waals surface area contributed by atoms with Crippen LogP contribution in [0.1, 0.15) is 39.5 Å². The summed E-state index contributed by atoms with van der Waals surface area (Å²) in [6, 6.07) is 0. The summed E-state index contributed by atoms with van der Waals surface area (Å²) in [4.78, 5) is 11.4. The van der Waals surface area contributed by atoms with Gasteiger partial charge in [0.25, 0.3) is 0 Å². The number of aliphatic hydroxyl groups is 1. The Bertz CT molecular complexity index is 199. The Kier molecular flexibility index (Phi) is 8.90. The van der Waals surface area contributed by atoms with E-state index in [9.17, 15) is 4.89 Å². The van der Waals surface area contributed by atoms with Gasteiger partial charge in [0, 0.05) is 6.61 Å². The van der Waals surface area contributed by atoms with Crippen LogP contribution in [0.15, 0.2) is 0 Å². The molecular formula is C9H20O4PS-. The molecule has 0 fully saturated rings. The molecule has 0 radical (unpaired) electrons. The van der Waals surface area contributed by atoms with Crippen LogP contribution < -0.4 is 4.89 Å². The molecule has 0 aliphatic rings. The van der Waals surface area contributed by atoms with E-state index in [-0.39, 0.29) is 12.7 Å². The van der Waals surface area contributed by atoms with Gasteiger partial charge in [0.05, 0.1) is 12.7 Å². The lowest BCUT2D eigenvalue weighted by Crippen LogP contribution is -2.12. The van der Waals surface area contributed by atoms with Crippen molar-refractivity contribution in [3.8, 4) is 0 Å². The van der Waals surface area contributed by atoms with E-state index < -0.39 is 6.72 Å². The predicted molar refractivity (Wildman–Crippen MR) is 62.0 cm³/mol. The molecule has 0 rings (SSSR count). The number of aliphatic hydroxyl groups excluding tert-OH is 1. The minimum Gasteiger partial charge on any atom is -0.780 e. The van der Waals surface area contributed by atoms with Crippen molar-refractivity contribution in [2.75, 3.05) is 13.2 Å². The van der Waals surface area contributed by atoms with Gasteiger partial charge in [-0.1, -0.05) is 24.6 Å². The Balaban J connectivity index is 3.45. The summed E-state index contributed by atoms with van der Waals surface area (Å²) >= 11 is 4.69. The molecule has 15 heavy (non-hydrogen) atoms. The molecule has 0 aromatic rings. The fourth-order valence-corrected chi connectivity index (χ4v) is 2.70. The van der Waals surface area contributed by atoms with Crippen LogP contribution in [-0.2, 0) is 20.9 Å². The fraction of sp³-hybridized carbons (Fsp3) is 1.00. The van der Waals surface area contributed by atoms with Crippen molar-refractivity contribution in [3.05, 3.63) is 0 Å². The Morgan fingerprint density at radius 1 is 1.27 bits per heavy atom. The van der Waals surface area contributed by atoms with Crippen molar-refractivity contribution in [2.24, 2.45) is 0 Å². The molecule has 0 aliphatic carbocycles. The highest BCUT2D eigenvalue weighted by molar-refractivity contribution is 8.06. The first kappa shape index (κ1) is 15.5. The largest absolute Gasteiger partial charge is 0.780 e. The molecule has 1 atom stereocenters. The molecule has 1 N–H and O–H groups in total. The molecule has 1 unspecified atom stereocenters. The standard InChI is InChI=1S/C9H21O4PS/c1-9(2)13-14(11,15)12-8-6-4-3-5-7-10/h9-10H,3-8H2,1-2H3,(H,11,15)/p-1. The molecule has 0 aromatic heterocycles. The number of unbranched alkanes of at least 4 members (excludes halogenated alkanes) is 3. The maximum absolute atomic E-state index is 11.4. The van der Waals surface area contributed by atoms with Gasteiger partial charge < -0.3 is 19.0 Å². The minimum absolute atomic E-state index is 0.178. The van der Waals surface area contributed by atoms with E-state index in [1.165, 1.54) is 0 Å². The molecule has 0 spiro atoms. The van der Waals surface area contributed by atoms with E-state index in [2.05, 4.69) is 0 Å². The lowest BCUT2D eigenvalue weighted by molar-refractivity contribution is -0.209. The summed E-state index contributed by atoms with van der Waals surface area (Å²) in [5.74, 6) is 0. The van der Waals surface area contributed by atoms with Gasteiger partial charge in [-0.05, 0) is 26.7 Å². The van der Waals surface area contributed by atoms with Crippen molar-refractivity contribution >= 4 is 18.5 Å². The lowest BCUT2D eigenvalue weighted by atomic mass is 10.2. The summed E-state index contributed by atoms with van der Waals surface area (Å²) in [5.41, 5.74) is 0. The topological polar surface area (TPSA) is 61.8 Å². The second kappa shape index (κ2) is 8.62. The van der Waals surface area contributed by atoms with E-state index >= 15 is 0 Å². The molecule has 4 nitrogen and oxygen atoms in total. The zero-order valence-corrected chi connectivity index (χ0v) is 11.1. The minimum atomic E-state index is -3.27. The van der Waals surface area contributed by atoms with E-state index in [1.807, 2.05) is 0 Å². The summed E-state index contributed by atoms with van der Waals surface area (Å²) in [5, 5.41) is 8.54. The predicted octanol–water partition coefficient (Wildman–Crippen LogP) is 1.57. The third-order valence-electron chi connectivity index (χ3n) is 1.64. The number of hydrogen-bond acceptors (Lipinski definition) is 5. The smallest absolute Gasteiger partial charge is 0.115 e. The summed E-state index contributed by atoms with van der Waals surface area (Å²) in [6.45, 7) is 0.844. The maximum Gasteiger partial charge on any atom is 0.115 e. The van der Waals surface area contributed by atoms with Crippen LogP contribution >= 0.6 is 6.72 Å². The van der Waals surface area contributed by atoms with Gasteiger partial charge >= 0.3 is 0 Å². The van der Waals surface area contributed by atoms with E-state index in [1.54, 1.807) is 13.8 Å². The molecule has 0 saturated carbocycles. The van der Waals surface area contributed by atoms with Crippen molar-refractivity contribution in [2.45, 2.75) is 45.6 Å². The molecule has 0 aromatic carbocycles. The SMILES string of the molecule is CC(C)OP([O-])(=S)OCCCCCCO. The van der Waals surface area contributed by atoms with Gasteiger partial charge in [0.15, 0.2) is 0 Å². The molecular weight excluding hydrogens is 235 g/mol. The molecule has 0 bridgehead atoms. The molecule has 0 heterocycles. The second-order valence-corrected chi connectivity index (χ2v) is 6.28. The normalized spacial score (nSPS) is 15.5. The Hall–Kier alpha value is 0.490. The van der Waals surface area contributed by atoms with Crippen LogP contribution in [-0.4, -0.2) is 24.4 Å². The van der Waals surface area contributed by atoms with Crippen LogP contribution in [0.2, 0.25) is 0 Å². The van der Waals surface area contributed by atoms with Crippen molar-refractivity contribution in [3.63, 3.8) is 0 Å². The highest BCUT2D eigenvalue weighted by Gasteiger charge is 2.05. The average Bonchev–Trinajstić information content (AvgIpc) is 2.08. The van der Waals surface area contributed by atoms with E-state index in [4.69, 9.17) is 26.0 Å². The first-order valence-corrected chi connectivity index (χ1v) is 7.78. The summed E-state index contributed by atoms with van der Waals surface area (Å²) in [6.07, 6.45) is 3.31. The van der Waals surface area contributed by atoms with Gasteiger partial charge in [0.2, 0.25) is 0 Å². The van der Waals surface area contributed by atoms with Gasteiger partial charge in [0.1, 0.15) is 6.72 Å². The van der Waals surface area contributed by atoms with Crippen LogP contribution in [0.3, 0.4) is 0 Å². The van der Waals surface area contributed by atoms with Crippen LogP contribution in [0, 0.1) is 0 Å². The molecule has 0 aliphatic heterocycles. The lowest BCUT2D eigenvalue weighted by Gasteiger charge is -2.29. The summed E-state index contributed by atoms with van der Waals surface area (Å²) in [7, 11) is 0. The molecule has 6 heteroatoms. The quantitative estimate of drug-likeness (QED) is 0.500. The number of rotatable bonds is 9. The van der Waals surface area contributed by atoms with Crippen molar-refractivity contribution in [1.29, 1.82) is 0 Å². The third kappa shape index (κ3) is 10.8. The van der Waals surface area contributed by atoms with Crippen molar-refractivity contribution < 1.29 is 19.0 Å². The summed E-state index contributed by atoms with van der Waals surface area (Å²) < 4.78 is 9.98. The van der Waals surface area contributed by atoms with Gasteiger partial charge in [-0.15, -0.1) is 0 Å². The highest BCUT2D eigenvalue weighted by Crippen LogP contribution is 2.40. The number of hydrogen-bond donors (Lipinski definition) is 1. The van der Waals surface area contributed by atoms with Crippen LogP contribution in [0.5, 0.6) is 0 Å². The van der Waals surface area contributed by atoms with Crippen LogP contribution in [0.4, 0.5) is 0 Å². The van der Waals surface area contributed by atoms with Crippen LogP contribution in [0.25, 0.3) is 0 Å². The van der Waals surface area contributed by atoms with Gasteiger partial charge in [-0.3, -0.25) is 0 Å². The fourth-order valence-electron chi connectivity index (χ4n) is 1.03. The third-order valence-corrected chi connectivity index (χ3v) is 3.39. The van der Waals surface area contributed by atoms with E-state index in [0.29, 0.717) is 6.61 Å². The van der Waals surface area contributed by atoms with Gasteiger partial charge in [-0.25, -0.2) is 0 Å². The first-order chi connectivity index (χ1) is 6.98. The monoisotopic (exact) mass is 255 g/mol. The average molecular weight is 255 g/mol. The van der Waals surface area contributed by atoms with Crippen molar-refractivity contribution in [1.82, 2.24) is 0 Å². The Morgan fingerprint density at radius 3 is 2.40 bits per heavy atom. The molecule has 0 amide bonds. The Labute approximate surface area is 96.9 Å². The zero-order valence-electron chi connectivity index (χ0n) is 9.35. The van der Waals surface area contributed by atoms with Gasteiger partial charge in [-0.2, -0.15) is 0 Å². The maximum atomic E-state index is 11.4. The zero-order chi connectivity index (χ0) is 11.7. The second-order valence-electron chi connectivity index (χ2n) is 3.57. The highest BCUT2D eigenvalue weighted by atomic mass is 32.5. The Morgan fingerprint density at radius 2 is 1.87 bits per heavy atom. The van der Waals surface area contributed by atoms with E-state index in [0.717, 1.165) is 25.7 Å². The first-order valence-electron chi connectivity index (χ1n) is 5.23. The molecule has 0 saturated heterocycles.